The Balaban J connectivity index is 1.78. The highest BCUT2D eigenvalue weighted by atomic mass is 19.4. The molecule has 5 nitrogen and oxygen atoms in total. The Bertz CT molecular complexity index is 1100. The first-order chi connectivity index (χ1) is 14.1. The zero-order valence-electron chi connectivity index (χ0n) is 16.8. The number of aromatic nitrogens is 2. The summed E-state index contributed by atoms with van der Waals surface area (Å²) in [5.74, 6) is -0.176. The van der Waals surface area contributed by atoms with Gasteiger partial charge in [0.05, 0.1) is 17.8 Å². The van der Waals surface area contributed by atoms with Crippen molar-refractivity contribution < 1.29 is 18.0 Å². The SMILES string of the molecule is CC(C)NC(=O)c1ccc2c(c1)-c1cn(C)nc1CN2c1ccc(C(F)(F)F)cc1. The summed E-state index contributed by atoms with van der Waals surface area (Å²) in [5.41, 5.74) is 3.80. The Kier molecular flexibility index (Phi) is 4.80. The van der Waals surface area contributed by atoms with Crippen molar-refractivity contribution in [2.24, 2.45) is 7.05 Å². The fourth-order valence-electron chi connectivity index (χ4n) is 3.65. The fraction of sp³-hybridized carbons (Fsp3) is 0.273. The zero-order chi connectivity index (χ0) is 21.6. The minimum Gasteiger partial charge on any atom is -0.350 e. The van der Waals surface area contributed by atoms with Crippen LogP contribution in [0.3, 0.4) is 0 Å². The first-order valence-electron chi connectivity index (χ1n) is 9.56. The molecule has 0 aliphatic carbocycles. The quantitative estimate of drug-likeness (QED) is 0.664. The maximum Gasteiger partial charge on any atom is 0.416 e. The third-order valence-corrected chi connectivity index (χ3v) is 4.98. The third-order valence-electron chi connectivity index (χ3n) is 4.98. The highest BCUT2D eigenvalue weighted by Crippen LogP contribution is 2.43. The van der Waals surface area contributed by atoms with Gasteiger partial charge in [0.25, 0.3) is 5.91 Å². The molecule has 4 rings (SSSR count). The highest BCUT2D eigenvalue weighted by molar-refractivity contribution is 5.98. The third kappa shape index (κ3) is 3.65. The van der Waals surface area contributed by atoms with Crippen LogP contribution in [0.1, 0.15) is 35.5 Å². The van der Waals surface area contributed by atoms with Gasteiger partial charge in [0, 0.05) is 47.4 Å². The number of hydrogen-bond donors (Lipinski definition) is 1. The molecule has 0 radical (unpaired) electrons. The van der Waals surface area contributed by atoms with E-state index >= 15 is 0 Å². The molecule has 156 valence electrons. The standard InChI is InChI=1S/C22H21F3N4O/c1-13(2)26-21(30)14-4-9-20-17(10-14)18-11-28(3)27-19(18)12-29(20)16-7-5-15(6-8-16)22(23,24)25/h4-11,13H,12H2,1-3H3,(H,26,30). The van der Waals surface area contributed by atoms with E-state index in [0.29, 0.717) is 17.8 Å². The summed E-state index contributed by atoms with van der Waals surface area (Å²) in [7, 11) is 1.82. The van der Waals surface area contributed by atoms with E-state index < -0.39 is 11.7 Å². The molecule has 3 aromatic rings. The maximum absolute atomic E-state index is 12.9. The molecule has 0 saturated heterocycles. The lowest BCUT2D eigenvalue weighted by atomic mass is 9.96. The molecule has 0 fully saturated rings. The average Bonchev–Trinajstić information content (AvgIpc) is 3.06. The van der Waals surface area contributed by atoms with E-state index in [1.807, 2.05) is 44.1 Å². The number of halogens is 3. The van der Waals surface area contributed by atoms with Gasteiger partial charge in [0.15, 0.2) is 0 Å². The summed E-state index contributed by atoms with van der Waals surface area (Å²) in [4.78, 5) is 14.4. The minimum atomic E-state index is -4.38. The number of hydrogen-bond acceptors (Lipinski definition) is 3. The number of fused-ring (bicyclic) bond motifs is 3. The number of alkyl halides is 3. The van der Waals surface area contributed by atoms with Crippen LogP contribution < -0.4 is 10.2 Å². The number of amides is 1. The molecule has 1 aliphatic rings. The maximum atomic E-state index is 12.9. The molecule has 1 N–H and O–H groups in total. The van der Waals surface area contributed by atoms with Crippen LogP contribution in [-0.4, -0.2) is 21.7 Å². The Hall–Kier alpha value is -3.29. The molecule has 1 aromatic heterocycles. The van der Waals surface area contributed by atoms with Gasteiger partial charge in [-0.15, -0.1) is 0 Å². The molecule has 0 unspecified atom stereocenters. The van der Waals surface area contributed by atoms with Crippen molar-refractivity contribution in [3.8, 4) is 11.1 Å². The van der Waals surface area contributed by atoms with Crippen LogP contribution in [0.2, 0.25) is 0 Å². The summed E-state index contributed by atoms with van der Waals surface area (Å²) in [6, 6.07) is 10.4. The van der Waals surface area contributed by atoms with E-state index in [-0.39, 0.29) is 11.9 Å². The second-order valence-electron chi connectivity index (χ2n) is 7.65. The first kappa shape index (κ1) is 20.0. The van der Waals surface area contributed by atoms with Crippen LogP contribution in [0.25, 0.3) is 11.1 Å². The Morgan fingerprint density at radius 1 is 1.10 bits per heavy atom. The van der Waals surface area contributed by atoms with E-state index in [4.69, 9.17) is 0 Å². The van der Waals surface area contributed by atoms with Crippen molar-refractivity contribution in [3.05, 3.63) is 65.5 Å². The Labute approximate surface area is 172 Å². The first-order valence-corrected chi connectivity index (χ1v) is 9.56. The van der Waals surface area contributed by atoms with Crippen molar-refractivity contribution >= 4 is 17.3 Å². The van der Waals surface area contributed by atoms with Gasteiger partial charge >= 0.3 is 6.18 Å². The highest BCUT2D eigenvalue weighted by Gasteiger charge is 2.31. The van der Waals surface area contributed by atoms with Gasteiger partial charge in [-0.3, -0.25) is 9.48 Å². The summed E-state index contributed by atoms with van der Waals surface area (Å²) in [6.07, 6.45) is -2.49. The molecule has 2 heterocycles. The number of carbonyl (C=O) groups is 1. The second kappa shape index (κ2) is 7.19. The van der Waals surface area contributed by atoms with Gasteiger partial charge in [0.2, 0.25) is 0 Å². The van der Waals surface area contributed by atoms with Gasteiger partial charge in [-0.1, -0.05) is 0 Å². The zero-order valence-corrected chi connectivity index (χ0v) is 16.8. The van der Waals surface area contributed by atoms with Crippen molar-refractivity contribution in [1.82, 2.24) is 15.1 Å². The van der Waals surface area contributed by atoms with E-state index in [1.165, 1.54) is 12.1 Å². The van der Waals surface area contributed by atoms with Crippen LogP contribution in [-0.2, 0) is 19.8 Å². The van der Waals surface area contributed by atoms with E-state index in [1.54, 1.807) is 10.7 Å². The van der Waals surface area contributed by atoms with Crippen LogP contribution in [0.5, 0.6) is 0 Å². The van der Waals surface area contributed by atoms with Gasteiger partial charge in [-0.2, -0.15) is 18.3 Å². The van der Waals surface area contributed by atoms with Crippen molar-refractivity contribution in [2.45, 2.75) is 32.6 Å². The smallest absolute Gasteiger partial charge is 0.350 e. The topological polar surface area (TPSA) is 50.2 Å². The fourth-order valence-corrected chi connectivity index (χ4v) is 3.65. The summed E-state index contributed by atoms with van der Waals surface area (Å²) < 4.78 is 40.5. The van der Waals surface area contributed by atoms with Crippen molar-refractivity contribution in [2.75, 3.05) is 4.90 Å². The molecular weight excluding hydrogens is 393 g/mol. The lowest BCUT2D eigenvalue weighted by Gasteiger charge is -2.31. The van der Waals surface area contributed by atoms with Crippen LogP contribution >= 0.6 is 0 Å². The molecule has 0 spiro atoms. The molecular formula is C22H21F3N4O. The van der Waals surface area contributed by atoms with E-state index in [9.17, 15) is 18.0 Å². The number of benzene rings is 2. The van der Waals surface area contributed by atoms with Crippen molar-refractivity contribution in [1.29, 1.82) is 0 Å². The predicted octanol–water partition coefficient (Wildman–Crippen LogP) is 4.90. The second-order valence-corrected chi connectivity index (χ2v) is 7.65. The average molecular weight is 414 g/mol. The predicted molar refractivity (Wildman–Crippen MR) is 109 cm³/mol. The number of nitrogens with one attached hydrogen (secondary N) is 1. The summed E-state index contributed by atoms with van der Waals surface area (Å²) >= 11 is 0. The molecule has 30 heavy (non-hydrogen) atoms. The van der Waals surface area contributed by atoms with E-state index in [2.05, 4.69) is 10.4 Å². The molecule has 8 heteroatoms. The van der Waals surface area contributed by atoms with Gasteiger partial charge in [-0.25, -0.2) is 0 Å². The van der Waals surface area contributed by atoms with Crippen LogP contribution in [0, 0.1) is 0 Å². The summed E-state index contributed by atoms with van der Waals surface area (Å²) in [6.45, 7) is 4.20. The van der Waals surface area contributed by atoms with Gasteiger partial charge in [0.1, 0.15) is 0 Å². The largest absolute Gasteiger partial charge is 0.416 e. The molecule has 1 amide bonds. The van der Waals surface area contributed by atoms with Crippen LogP contribution in [0.15, 0.2) is 48.7 Å². The number of anilines is 2. The number of aryl methyl sites for hydroxylation is 1. The molecule has 0 bridgehead atoms. The summed E-state index contributed by atoms with van der Waals surface area (Å²) in [5, 5.41) is 7.38. The number of carbonyl (C=O) groups excluding carboxylic acids is 1. The monoisotopic (exact) mass is 414 g/mol. The number of rotatable bonds is 3. The van der Waals surface area contributed by atoms with Crippen LogP contribution in [0.4, 0.5) is 24.5 Å². The molecule has 0 saturated carbocycles. The Morgan fingerprint density at radius 2 is 1.80 bits per heavy atom. The molecule has 0 atom stereocenters. The van der Waals surface area contributed by atoms with Gasteiger partial charge < -0.3 is 10.2 Å². The van der Waals surface area contributed by atoms with Gasteiger partial charge in [-0.05, 0) is 56.3 Å². The lowest BCUT2D eigenvalue weighted by Crippen LogP contribution is -2.30. The Morgan fingerprint density at radius 3 is 2.43 bits per heavy atom. The lowest BCUT2D eigenvalue weighted by molar-refractivity contribution is -0.137. The van der Waals surface area contributed by atoms with E-state index in [0.717, 1.165) is 34.6 Å². The molecule has 1 aliphatic heterocycles. The normalized spacial score (nSPS) is 13.2. The minimum absolute atomic E-state index is 0.00568. The molecule has 2 aromatic carbocycles. The number of nitrogens with zero attached hydrogens (tertiary/aromatic N) is 3. The van der Waals surface area contributed by atoms with Crippen molar-refractivity contribution in [3.63, 3.8) is 0 Å².